The molecule has 1 heterocycles. The first-order valence-electron chi connectivity index (χ1n) is 6.57. The van der Waals surface area contributed by atoms with Crippen molar-refractivity contribution in [1.82, 2.24) is 4.83 Å². The van der Waals surface area contributed by atoms with Crippen molar-refractivity contribution < 1.29 is 89.5 Å². The maximum Gasteiger partial charge on any atom is 1.00 e. The fraction of sp³-hybridized carbons (Fsp3) is 0.727. The zero-order chi connectivity index (χ0) is 17.6. The van der Waals surface area contributed by atoms with Crippen LogP contribution in [-0.4, -0.2) is 74.9 Å². The summed E-state index contributed by atoms with van der Waals surface area (Å²) in [5, 5.41) is 41.9. The fourth-order valence-corrected chi connectivity index (χ4v) is 3.15. The summed E-state index contributed by atoms with van der Waals surface area (Å²) in [4.78, 5) is 1.43. The molecule has 5 atom stereocenters. The number of nitrogens with zero attached hydrogens (tertiary/aromatic N) is 1. The van der Waals surface area contributed by atoms with E-state index in [1.807, 2.05) is 0 Å². The molecular weight excluding hydrogens is 391 g/mol. The fourth-order valence-electron chi connectivity index (χ4n) is 1.77. The molecule has 0 amide bonds. The molecule has 0 spiro atoms. The second kappa shape index (κ2) is 11.6. The molecule has 10 nitrogen and oxygen atoms in total. The molecule has 13 heteroatoms. The molecule has 0 aromatic carbocycles. The van der Waals surface area contributed by atoms with E-state index in [4.69, 9.17) is 9.84 Å². The Morgan fingerprint density at radius 2 is 1.96 bits per heavy atom. The normalized spacial score (nSPS) is 31.2. The summed E-state index contributed by atoms with van der Waals surface area (Å²) in [6.07, 6.45) is -3.51. The Kier molecular flexibility index (Phi) is 12.0. The number of rotatable bonds is 7. The van der Waals surface area contributed by atoms with Gasteiger partial charge in [-0.1, -0.05) is 17.8 Å². The van der Waals surface area contributed by atoms with Gasteiger partial charge in [0.25, 0.3) is 0 Å². The average molecular weight is 411 g/mol. The van der Waals surface area contributed by atoms with Gasteiger partial charge in [-0.25, -0.2) is 13.2 Å². The van der Waals surface area contributed by atoms with Gasteiger partial charge < -0.3 is 29.7 Å². The van der Waals surface area contributed by atoms with E-state index < -0.39 is 46.8 Å². The molecule has 0 aliphatic carbocycles. The molecule has 5 N–H and O–H groups in total. The van der Waals surface area contributed by atoms with Crippen molar-refractivity contribution in [2.24, 2.45) is 5.10 Å². The third kappa shape index (κ3) is 8.07. The van der Waals surface area contributed by atoms with Crippen LogP contribution in [0, 0.1) is 0 Å². The van der Waals surface area contributed by atoms with E-state index in [1.165, 1.54) is 10.9 Å². The number of nitrogens with one attached hydrogen (secondary N) is 1. The van der Waals surface area contributed by atoms with Crippen molar-refractivity contribution in [3.8, 4) is 0 Å². The van der Waals surface area contributed by atoms with Crippen molar-refractivity contribution in [3.63, 3.8) is 0 Å². The standard InChI is InChI=1S/C11H20N2O8S2.K/c1-2-3-4-7(12-13-23(18,19)20)22-11-10(17)9(16)8(15)6(5-14)21-11;/h2,6,8-11,13-17H,1,3-5H2,(H,18,19,20);/q;+1/p-1. The SMILES string of the molecule is C=CCCC(=NNS(=O)(=O)[O-])SC1OC(CO)C(O)C(O)C1O.[K+]. The van der Waals surface area contributed by atoms with E-state index in [1.54, 1.807) is 0 Å². The van der Waals surface area contributed by atoms with Crippen LogP contribution in [0.15, 0.2) is 17.8 Å². The monoisotopic (exact) mass is 410 g/mol. The average Bonchev–Trinajstić information content (AvgIpc) is 2.49. The van der Waals surface area contributed by atoms with Crippen LogP contribution in [0.1, 0.15) is 12.8 Å². The van der Waals surface area contributed by atoms with Gasteiger partial charge in [0, 0.05) is 6.42 Å². The number of allylic oxidation sites excluding steroid dienone is 1. The summed E-state index contributed by atoms with van der Waals surface area (Å²) < 4.78 is 37.0. The van der Waals surface area contributed by atoms with E-state index in [0.717, 1.165) is 11.8 Å². The number of hydrogen-bond acceptors (Lipinski definition) is 10. The first-order valence-corrected chi connectivity index (χ1v) is 8.85. The summed E-state index contributed by atoms with van der Waals surface area (Å²) in [5.74, 6) is 0. The molecule has 0 bridgehead atoms. The Labute approximate surface area is 186 Å². The minimum atomic E-state index is -4.79. The van der Waals surface area contributed by atoms with Crippen LogP contribution in [0.25, 0.3) is 0 Å². The summed E-state index contributed by atoms with van der Waals surface area (Å²) in [5.41, 5.74) is -1.12. The van der Waals surface area contributed by atoms with Gasteiger partial charge in [0.2, 0.25) is 0 Å². The predicted octanol–water partition coefficient (Wildman–Crippen LogP) is -5.15. The summed E-state index contributed by atoms with van der Waals surface area (Å²) in [6, 6.07) is 0. The Bertz CT molecular complexity index is 530. The van der Waals surface area contributed by atoms with Gasteiger partial charge >= 0.3 is 51.4 Å². The van der Waals surface area contributed by atoms with Crippen molar-refractivity contribution in [3.05, 3.63) is 12.7 Å². The second-order valence-electron chi connectivity index (χ2n) is 4.69. The van der Waals surface area contributed by atoms with Gasteiger partial charge in [0.15, 0.2) is 10.3 Å². The van der Waals surface area contributed by atoms with E-state index in [0.29, 0.717) is 6.42 Å². The number of aliphatic hydroxyl groups is 4. The van der Waals surface area contributed by atoms with Gasteiger partial charge in [-0.05, 0) is 6.42 Å². The zero-order valence-electron chi connectivity index (χ0n) is 13.0. The van der Waals surface area contributed by atoms with E-state index in [9.17, 15) is 28.3 Å². The first kappa shape index (κ1) is 24.9. The minimum Gasteiger partial charge on any atom is -0.730 e. The van der Waals surface area contributed by atoms with Gasteiger partial charge in [-0.15, -0.1) is 6.58 Å². The molecular formula is C11H19KN2O8S2. The molecule has 0 aromatic heterocycles. The summed E-state index contributed by atoms with van der Waals surface area (Å²) in [7, 11) is -4.79. The molecule has 1 fully saturated rings. The second-order valence-corrected chi connectivity index (χ2v) is 6.96. The van der Waals surface area contributed by atoms with Crippen LogP contribution >= 0.6 is 11.8 Å². The van der Waals surface area contributed by atoms with Crippen LogP contribution in [0.2, 0.25) is 0 Å². The molecule has 0 radical (unpaired) electrons. The summed E-state index contributed by atoms with van der Waals surface area (Å²) >= 11 is 0.761. The van der Waals surface area contributed by atoms with Crippen LogP contribution in [0.5, 0.6) is 0 Å². The van der Waals surface area contributed by atoms with Crippen molar-refractivity contribution in [1.29, 1.82) is 0 Å². The number of hydrazone groups is 1. The van der Waals surface area contributed by atoms with E-state index in [-0.39, 0.29) is 62.8 Å². The van der Waals surface area contributed by atoms with Crippen LogP contribution in [0.3, 0.4) is 0 Å². The minimum absolute atomic E-state index is 0. The zero-order valence-corrected chi connectivity index (χ0v) is 17.7. The van der Waals surface area contributed by atoms with Crippen molar-refractivity contribution in [2.45, 2.75) is 42.7 Å². The van der Waals surface area contributed by atoms with Gasteiger partial charge in [0.05, 0.1) is 11.7 Å². The molecule has 0 aromatic rings. The molecule has 1 saturated heterocycles. The maximum absolute atomic E-state index is 10.6. The first-order chi connectivity index (χ1) is 10.7. The Hall–Kier alpha value is 0.906. The van der Waals surface area contributed by atoms with E-state index >= 15 is 0 Å². The molecule has 5 unspecified atom stereocenters. The number of thioether (sulfide) groups is 1. The number of ether oxygens (including phenoxy) is 1. The smallest absolute Gasteiger partial charge is 0.730 e. The van der Waals surface area contributed by atoms with E-state index in [2.05, 4.69) is 11.7 Å². The van der Waals surface area contributed by atoms with Gasteiger partial charge in [-0.2, -0.15) is 5.10 Å². The summed E-state index contributed by atoms with van der Waals surface area (Å²) in [6.45, 7) is 2.91. The van der Waals surface area contributed by atoms with Crippen molar-refractivity contribution >= 4 is 27.1 Å². The molecule has 1 rings (SSSR count). The Morgan fingerprint density at radius 3 is 2.46 bits per heavy atom. The van der Waals surface area contributed by atoms with Crippen LogP contribution < -0.4 is 56.2 Å². The quantitative estimate of drug-likeness (QED) is 0.0687. The van der Waals surface area contributed by atoms with Gasteiger partial charge in [-0.3, -0.25) is 0 Å². The predicted molar refractivity (Wildman–Crippen MR) is 81.1 cm³/mol. The van der Waals surface area contributed by atoms with Crippen LogP contribution in [0.4, 0.5) is 0 Å². The topological polar surface area (TPSA) is 172 Å². The molecule has 1 aliphatic heterocycles. The number of hydrogen-bond donors (Lipinski definition) is 5. The molecule has 24 heavy (non-hydrogen) atoms. The maximum atomic E-state index is 10.6. The van der Waals surface area contributed by atoms with Gasteiger partial charge in [0.1, 0.15) is 29.9 Å². The third-order valence-corrected chi connectivity index (χ3v) is 4.45. The Balaban J connectivity index is 0.00000529. The molecule has 134 valence electrons. The Morgan fingerprint density at radius 1 is 1.33 bits per heavy atom. The largest absolute Gasteiger partial charge is 1.00 e. The van der Waals surface area contributed by atoms with Crippen molar-refractivity contribution in [2.75, 3.05) is 6.61 Å². The molecule has 0 saturated carbocycles. The third-order valence-electron chi connectivity index (χ3n) is 2.95. The molecule has 1 aliphatic rings. The number of aliphatic hydroxyl groups excluding tert-OH is 4. The van der Waals surface area contributed by atoms with Crippen LogP contribution in [-0.2, 0) is 15.0 Å².